The molecule has 0 amide bonds. The van der Waals surface area contributed by atoms with Gasteiger partial charge in [0.15, 0.2) is 0 Å². The highest BCUT2D eigenvalue weighted by Gasteiger charge is 2.34. The average Bonchev–Trinajstić information content (AvgIpc) is 2.37. The third-order valence-electron chi connectivity index (χ3n) is 3.18. The highest BCUT2D eigenvalue weighted by atomic mass is 35.5. The molecule has 1 aliphatic rings. The number of rotatable bonds is 2. The topological polar surface area (TPSA) is 38.0 Å². The average molecular weight is 193 g/mol. The van der Waals surface area contributed by atoms with Gasteiger partial charge in [0.05, 0.1) is 0 Å². The van der Waals surface area contributed by atoms with Crippen LogP contribution in [-0.4, -0.2) is 18.6 Å². The Hall–Kier alpha value is 0.210. The number of nitrogens with one attached hydrogen (secondary N) is 1. The predicted molar refractivity (Wildman–Crippen MR) is 55.7 cm³/mol. The summed E-state index contributed by atoms with van der Waals surface area (Å²) in [5.41, 5.74) is 6.24. The lowest BCUT2D eigenvalue weighted by atomic mass is 9.77. The van der Waals surface area contributed by atoms with Gasteiger partial charge in [0.25, 0.3) is 0 Å². The molecule has 12 heavy (non-hydrogen) atoms. The van der Waals surface area contributed by atoms with E-state index in [1.165, 1.54) is 6.42 Å². The monoisotopic (exact) mass is 192 g/mol. The summed E-state index contributed by atoms with van der Waals surface area (Å²) in [7, 11) is 0. The van der Waals surface area contributed by atoms with Crippen LogP contribution in [0.25, 0.3) is 0 Å². The predicted octanol–water partition coefficient (Wildman–Crippen LogP) is 1.39. The summed E-state index contributed by atoms with van der Waals surface area (Å²) in [4.78, 5) is 0. The molecule has 0 aromatic rings. The molecule has 0 radical (unpaired) electrons. The van der Waals surface area contributed by atoms with Crippen molar-refractivity contribution in [2.45, 2.75) is 32.7 Å². The second-order valence-corrected chi connectivity index (χ2v) is 4.21. The molecule has 2 atom stereocenters. The van der Waals surface area contributed by atoms with Crippen LogP contribution in [-0.2, 0) is 0 Å². The van der Waals surface area contributed by atoms with Gasteiger partial charge in [-0.15, -0.1) is 12.4 Å². The summed E-state index contributed by atoms with van der Waals surface area (Å²) in [5.74, 6) is 1.25. The third kappa shape index (κ3) is 2.35. The van der Waals surface area contributed by atoms with Crippen molar-refractivity contribution in [3.05, 3.63) is 0 Å². The Morgan fingerprint density at radius 2 is 2.08 bits per heavy atom. The lowest BCUT2D eigenvalue weighted by molar-refractivity contribution is 0.234. The van der Waals surface area contributed by atoms with E-state index in [1.54, 1.807) is 0 Å². The first-order chi connectivity index (χ1) is 5.05. The van der Waals surface area contributed by atoms with E-state index in [2.05, 4.69) is 26.1 Å². The Morgan fingerprint density at radius 3 is 2.42 bits per heavy atom. The van der Waals surface area contributed by atoms with E-state index in [1.807, 2.05) is 0 Å². The lowest BCUT2D eigenvalue weighted by Gasteiger charge is -2.35. The van der Waals surface area contributed by atoms with Gasteiger partial charge in [-0.05, 0) is 38.3 Å². The molecule has 74 valence electrons. The van der Waals surface area contributed by atoms with Gasteiger partial charge in [0.2, 0.25) is 0 Å². The molecule has 1 heterocycles. The van der Waals surface area contributed by atoms with E-state index in [4.69, 9.17) is 5.73 Å². The van der Waals surface area contributed by atoms with Crippen LogP contribution >= 0.6 is 12.4 Å². The Kier molecular flexibility index (Phi) is 4.53. The van der Waals surface area contributed by atoms with Gasteiger partial charge in [-0.2, -0.15) is 0 Å². The zero-order chi connectivity index (χ0) is 8.48. The van der Waals surface area contributed by atoms with Gasteiger partial charge in [0.1, 0.15) is 0 Å². The van der Waals surface area contributed by atoms with Crippen LogP contribution in [0.4, 0.5) is 0 Å². The molecule has 0 aromatic carbocycles. The maximum absolute atomic E-state index is 6.22. The van der Waals surface area contributed by atoms with Crippen LogP contribution in [0.5, 0.6) is 0 Å². The summed E-state index contributed by atoms with van der Waals surface area (Å²) in [5, 5.41) is 3.35. The van der Waals surface area contributed by atoms with Crippen molar-refractivity contribution in [1.82, 2.24) is 5.32 Å². The molecule has 3 N–H and O–H groups in total. The molecule has 1 fully saturated rings. The normalized spacial score (nSPS) is 28.2. The molecule has 1 saturated heterocycles. The third-order valence-corrected chi connectivity index (χ3v) is 3.18. The molecule has 0 aliphatic carbocycles. The molecule has 1 rings (SSSR count). The van der Waals surface area contributed by atoms with Crippen molar-refractivity contribution < 1.29 is 0 Å². The Balaban J connectivity index is 0.00000121. The molecule has 0 spiro atoms. The maximum Gasteiger partial charge on any atom is 0.0190 e. The van der Waals surface area contributed by atoms with E-state index in [-0.39, 0.29) is 17.9 Å². The van der Waals surface area contributed by atoms with Crippen molar-refractivity contribution in [2.24, 2.45) is 17.6 Å². The van der Waals surface area contributed by atoms with Gasteiger partial charge >= 0.3 is 0 Å². The largest absolute Gasteiger partial charge is 0.325 e. The Labute approximate surface area is 81.7 Å². The van der Waals surface area contributed by atoms with Crippen LogP contribution in [0.1, 0.15) is 27.2 Å². The van der Waals surface area contributed by atoms with Crippen LogP contribution in [0, 0.1) is 11.8 Å². The van der Waals surface area contributed by atoms with Gasteiger partial charge in [-0.3, -0.25) is 0 Å². The molecule has 2 nitrogen and oxygen atoms in total. The minimum Gasteiger partial charge on any atom is -0.325 e. The number of hydrogen-bond donors (Lipinski definition) is 2. The zero-order valence-electron chi connectivity index (χ0n) is 8.26. The minimum atomic E-state index is 0. The van der Waals surface area contributed by atoms with Crippen molar-refractivity contribution in [3.8, 4) is 0 Å². The fraction of sp³-hybridized carbons (Fsp3) is 1.00. The van der Waals surface area contributed by atoms with Crippen molar-refractivity contribution >= 4 is 12.4 Å². The van der Waals surface area contributed by atoms with Crippen molar-refractivity contribution in [3.63, 3.8) is 0 Å². The first-order valence-corrected chi connectivity index (χ1v) is 4.54. The number of halogens is 1. The number of nitrogens with two attached hydrogens (primary N) is 1. The number of hydrogen-bond acceptors (Lipinski definition) is 2. The molecule has 3 heteroatoms. The summed E-state index contributed by atoms with van der Waals surface area (Å²) in [6.07, 6.45) is 1.24. The fourth-order valence-electron chi connectivity index (χ4n) is 1.66. The fourth-order valence-corrected chi connectivity index (χ4v) is 1.66. The smallest absolute Gasteiger partial charge is 0.0190 e. The standard InChI is InChI=1S/C9H20N2.ClH/c1-7(2)9(3,10)8-4-5-11-6-8;/h7-8,11H,4-6,10H2,1-3H3;1H. The highest BCUT2D eigenvalue weighted by molar-refractivity contribution is 5.85. The van der Waals surface area contributed by atoms with Crippen LogP contribution in [0.3, 0.4) is 0 Å². The molecular formula is C9H21ClN2. The first kappa shape index (κ1) is 12.2. The van der Waals surface area contributed by atoms with E-state index in [0.717, 1.165) is 13.1 Å². The van der Waals surface area contributed by atoms with Gasteiger partial charge in [-0.1, -0.05) is 13.8 Å². The van der Waals surface area contributed by atoms with E-state index in [0.29, 0.717) is 11.8 Å². The molecule has 0 aromatic heterocycles. The first-order valence-electron chi connectivity index (χ1n) is 4.54. The van der Waals surface area contributed by atoms with Crippen LogP contribution in [0.2, 0.25) is 0 Å². The van der Waals surface area contributed by atoms with Crippen molar-refractivity contribution in [2.75, 3.05) is 13.1 Å². The second-order valence-electron chi connectivity index (χ2n) is 4.21. The summed E-state index contributed by atoms with van der Waals surface area (Å²) in [6.45, 7) is 8.83. The minimum absolute atomic E-state index is 0. The van der Waals surface area contributed by atoms with Crippen LogP contribution in [0.15, 0.2) is 0 Å². The van der Waals surface area contributed by atoms with E-state index < -0.39 is 0 Å². The second kappa shape index (κ2) is 4.45. The van der Waals surface area contributed by atoms with Gasteiger partial charge in [-0.25, -0.2) is 0 Å². The molecular weight excluding hydrogens is 172 g/mol. The highest BCUT2D eigenvalue weighted by Crippen LogP contribution is 2.27. The van der Waals surface area contributed by atoms with Crippen molar-refractivity contribution in [1.29, 1.82) is 0 Å². The summed E-state index contributed by atoms with van der Waals surface area (Å²) < 4.78 is 0. The molecule has 0 saturated carbocycles. The molecule has 2 unspecified atom stereocenters. The molecule has 0 bridgehead atoms. The Bertz CT molecular complexity index is 128. The summed E-state index contributed by atoms with van der Waals surface area (Å²) >= 11 is 0. The van der Waals surface area contributed by atoms with Crippen LogP contribution < -0.4 is 11.1 Å². The molecule has 1 aliphatic heterocycles. The Morgan fingerprint density at radius 1 is 1.50 bits per heavy atom. The van der Waals surface area contributed by atoms with Gasteiger partial charge < -0.3 is 11.1 Å². The quantitative estimate of drug-likeness (QED) is 0.694. The SMILES string of the molecule is CC(C)C(C)(N)C1CCNC1.Cl. The summed E-state index contributed by atoms with van der Waals surface area (Å²) in [6, 6.07) is 0. The maximum atomic E-state index is 6.22. The van der Waals surface area contributed by atoms with Gasteiger partial charge in [0, 0.05) is 5.54 Å². The van der Waals surface area contributed by atoms with E-state index >= 15 is 0 Å². The lowest BCUT2D eigenvalue weighted by Crippen LogP contribution is -2.49. The zero-order valence-corrected chi connectivity index (χ0v) is 9.08. The van der Waals surface area contributed by atoms with E-state index in [9.17, 15) is 0 Å².